The molecule has 1 atom stereocenters. The monoisotopic (exact) mass is 381 g/mol. The summed E-state index contributed by atoms with van der Waals surface area (Å²) < 4.78 is 11.7. The van der Waals surface area contributed by atoms with Gasteiger partial charge in [-0.2, -0.15) is 0 Å². The van der Waals surface area contributed by atoms with Crippen LogP contribution in [0.3, 0.4) is 0 Å². The second-order valence-corrected chi connectivity index (χ2v) is 7.06. The predicted molar refractivity (Wildman–Crippen MR) is 104 cm³/mol. The summed E-state index contributed by atoms with van der Waals surface area (Å²) in [6.45, 7) is 4.56. The minimum absolute atomic E-state index is 0.116. The zero-order valence-electron chi connectivity index (χ0n) is 15.0. The van der Waals surface area contributed by atoms with Crippen molar-refractivity contribution in [1.82, 2.24) is 14.9 Å². The lowest BCUT2D eigenvalue weighted by Gasteiger charge is -2.22. The highest BCUT2D eigenvalue weighted by atomic mass is 35.5. The molecule has 1 aromatic heterocycles. The Morgan fingerprint density at radius 1 is 1.15 bits per heavy atom. The van der Waals surface area contributed by atoms with E-state index in [9.17, 15) is 0 Å². The van der Waals surface area contributed by atoms with E-state index in [1.165, 1.54) is 5.56 Å². The standard InChI is InChI=1S/C21H20ClN3O2/c1-15-12-25(14-17-11-18(22)5-8-20(17)26-15)13-16-3-6-19(7-4-16)27-21-23-9-2-10-24-21/h2-11,15H,12-14H2,1H3/t15-/m1/s1. The first kappa shape index (κ1) is 17.8. The van der Waals surface area contributed by atoms with E-state index in [0.717, 1.165) is 41.7 Å². The molecule has 2 aromatic carbocycles. The minimum Gasteiger partial charge on any atom is -0.489 e. The third-order valence-corrected chi connectivity index (χ3v) is 4.58. The first-order chi connectivity index (χ1) is 13.2. The molecule has 0 N–H and O–H groups in total. The maximum atomic E-state index is 6.16. The highest BCUT2D eigenvalue weighted by Gasteiger charge is 2.20. The Bertz CT molecular complexity index is 903. The fourth-order valence-electron chi connectivity index (χ4n) is 3.19. The molecule has 0 saturated carbocycles. The third-order valence-electron chi connectivity index (χ3n) is 4.34. The van der Waals surface area contributed by atoms with Gasteiger partial charge in [-0.05, 0) is 48.9 Å². The van der Waals surface area contributed by atoms with Crippen molar-refractivity contribution < 1.29 is 9.47 Å². The van der Waals surface area contributed by atoms with E-state index in [2.05, 4.69) is 33.9 Å². The number of ether oxygens (including phenoxy) is 2. The average molecular weight is 382 g/mol. The molecule has 27 heavy (non-hydrogen) atoms. The Kier molecular flexibility index (Phi) is 5.23. The SMILES string of the molecule is C[C@@H]1CN(Cc2ccc(Oc3ncccn3)cc2)Cc2cc(Cl)ccc2O1. The van der Waals surface area contributed by atoms with Crippen LogP contribution in [0.25, 0.3) is 0 Å². The number of rotatable bonds is 4. The van der Waals surface area contributed by atoms with Crippen LogP contribution in [0.1, 0.15) is 18.1 Å². The molecular formula is C21H20ClN3O2. The maximum Gasteiger partial charge on any atom is 0.321 e. The van der Waals surface area contributed by atoms with Gasteiger partial charge in [0.05, 0.1) is 0 Å². The van der Waals surface area contributed by atoms with Crippen LogP contribution in [0.4, 0.5) is 0 Å². The fourth-order valence-corrected chi connectivity index (χ4v) is 3.39. The van der Waals surface area contributed by atoms with Crippen molar-refractivity contribution in [2.24, 2.45) is 0 Å². The molecule has 4 rings (SSSR count). The lowest BCUT2D eigenvalue weighted by Crippen LogP contribution is -2.30. The number of halogens is 1. The first-order valence-electron chi connectivity index (χ1n) is 8.87. The van der Waals surface area contributed by atoms with Crippen molar-refractivity contribution in [2.45, 2.75) is 26.1 Å². The van der Waals surface area contributed by atoms with Gasteiger partial charge >= 0.3 is 6.01 Å². The van der Waals surface area contributed by atoms with Crippen LogP contribution in [-0.4, -0.2) is 27.5 Å². The average Bonchev–Trinajstić information content (AvgIpc) is 2.81. The molecule has 0 bridgehead atoms. The summed E-state index contributed by atoms with van der Waals surface area (Å²) in [6.07, 6.45) is 3.43. The largest absolute Gasteiger partial charge is 0.489 e. The van der Waals surface area contributed by atoms with Crippen molar-refractivity contribution in [3.8, 4) is 17.5 Å². The molecule has 0 fully saturated rings. The predicted octanol–water partition coefficient (Wildman–Crippen LogP) is 4.71. The zero-order valence-corrected chi connectivity index (χ0v) is 15.8. The molecule has 0 radical (unpaired) electrons. The van der Waals surface area contributed by atoms with Crippen molar-refractivity contribution in [3.05, 3.63) is 77.1 Å². The van der Waals surface area contributed by atoms with Crippen LogP contribution in [0.5, 0.6) is 17.5 Å². The summed E-state index contributed by atoms with van der Waals surface area (Å²) in [5, 5.41) is 0.733. The van der Waals surface area contributed by atoms with Crippen LogP contribution >= 0.6 is 11.6 Å². The van der Waals surface area contributed by atoms with Gasteiger partial charge in [0.1, 0.15) is 17.6 Å². The maximum absolute atomic E-state index is 6.16. The number of nitrogens with zero attached hydrogens (tertiary/aromatic N) is 3. The lowest BCUT2D eigenvalue weighted by molar-refractivity contribution is 0.156. The third kappa shape index (κ3) is 4.56. The second kappa shape index (κ2) is 7.94. The van der Waals surface area contributed by atoms with E-state index < -0.39 is 0 Å². The van der Waals surface area contributed by atoms with Gasteiger partial charge in [-0.25, -0.2) is 9.97 Å². The lowest BCUT2D eigenvalue weighted by atomic mass is 10.1. The van der Waals surface area contributed by atoms with Gasteiger partial charge in [-0.15, -0.1) is 0 Å². The molecule has 0 aliphatic carbocycles. The van der Waals surface area contributed by atoms with Crippen LogP contribution < -0.4 is 9.47 Å². The quantitative estimate of drug-likeness (QED) is 0.655. The van der Waals surface area contributed by atoms with Gasteiger partial charge in [-0.3, -0.25) is 4.90 Å². The van der Waals surface area contributed by atoms with E-state index in [4.69, 9.17) is 21.1 Å². The number of hydrogen-bond donors (Lipinski definition) is 0. The molecule has 1 aliphatic rings. The molecule has 3 aromatic rings. The topological polar surface area (TPSA) is 47.5 Å². The van der Waals surface area contributed by atoms with Crippen molar-refractivity contribution in [3.63, 3.8) is 0 Å². The molecule has 5 nitrogen and oxygen atoms in total. The molecule has 0 amide bonds. The smallest absolute Gasteiger partial charge is 0.321 e. The van der Waals surface area contributed by atoms with E-state index in [-0.39, 0.29) is 6.10 Å². The number of benzene rings is 2. The number of fused-ring (bicyclic) bond motifs is 1. The van der Waals surface area contributed by atoms with Gasteiger partial charge in [0.2, 0.25) is 0 Å². The summed E-state index contributed by atoms with van der Waals surface area (Å²) in [6, 6.07) is 15.9. The fraction of sp³-hybridized carbons (Fsp3) is 0.238. The van der Waals surface area contributed by atoms with Gasteiger partial charge in [0.25, 0.3) is 0 Å². The summed E-state index contributed by atoms with van der Waals surface area (Å²) >= 11 is 6.16. The van der Waals surface area contributed by atoms with Crippen molar-refractivity contribution in [2.75, 3.05) is 6.54 Å². The molecule has 0 unspecified atom stereocenters. The Morgan fingerprint density at radius 2 is 1.93 bits per heavy atom. The first-order valence-corrected chi connectivity index (χ1v) is 9.25. The Morgan fingerprint density at radius 3 is 2.70 bits per heavy atom. The van der Waals surface area contributed by atoms with Gasteiger partial charge in [0.15, 0.2) is 0 Å². The molecule has 6 heteroatoms. The van der Waals surface area contributed by atoms with Crippen molar-refractivity contribution in [1.29, 1.82) is 0 Å². The Labute approximate surface area is 163 Å². The van der Waals surface area contributed by atoms with E-state index in [0.29, 0.717) is 6.01 Å². The summed E-state index contributed by atoms with van der Waals surface area (Å²) in [5.74, 6) is 1.63. The van der Waals surface area contributed by atoms with Crippen LogP contribution in [0, 0.1) is 0 Å². The van der Waals surface area contributed by atoms with E-state index in [1.807, 2.05) is 30.3 Å². The molecule has 0 saturated heterocycles. The number of hydrogen-bond acceptors (Lipinski definition) is 5. The minimum atomic E-state index is 0.116. The zero-order chi connectivity index (χ0) is 18.6. The number of aromatic nitrogens is 2. The summed E-state index contributed by atoms with van der Waals surface area (Å²) in [7, 11) is 0. The molecule has 1 aliphatic heterocycles. The Hall–Kier alpha value is -2.63. The van der Waals surface area contributed by atoms with Crippen LogP contribution in [0.15, 0.2) is 60.9 Å². The van der Waals surface area contributed by atoms with Crippen LogP contribution in [0.2, 0.25) is 5.02 Å². The van der Waals surface area contributed by atoms with Gasteiger partial charge in [-0.1, -0.05) is 23.7 Å². The highest BCUT2D eigenvalue weighted by molar-refractivity contribution is 6.30. The highest BCUT2D eigenvalue weighted by Crippen LogP contribution is 2.29. The molecule has 138 valence electrons. The van der Waals surface area contributed by atoms with Gasteiger partial charge < -0.3 is 9.47 Å². The van der Waals surface area contributed by atoms with Crippen molar-refractivity contribution >= 4 is 11.6 Å². The Balaban J connectivity index is 1.45. The van der Waals surface area contributed by atoms with Gasteiger partial charge in [0, 0.05) is 42.6 Å². The molecule has 0 spiro atoms. The second-order valence-electron chi connectivity index (χ2n) is 6.63. The molecular weight excluding hydrogens is 362 g/mol. The van der Waals surface area contributed by atoms with Crippen LogP contribution in [-0.2, 0) is 13.1 Å². The summed E-state index contributed by atoms with van der Waals surface area (Å²) in [4.78, 5) is 10.5. The van der Waals surface area contributed by atoms with E-state index >= 15 is 0 Å². The molecule has 2 heterocycles. The summed E-state index contributed by atoms with van der Waals surface area (Å²) in [5.41, 5.74) is 2.32. The normalized spacial score (nSPS) is 16.9. The van der Waals surface area contributed by atoms with E-state index in [1.54, 1.807) is 18.5 Å².